The van der Waals surface area contributed by atoms with E-state index in [0.717, 1.165) is 17.7 Å². The van der Waals surface area contributed by atoms with Crippen molar-refractivity contribution in [1.29, 1.82) is 0 Å². The first-order chi connectivity index (χ1) is 8.40. The fourth-order valence-electron chi connectivity index (χ4n) is 2.42. The van der Waals surface area contributed by atoms with Crippen LogP contribution in [0.5, 0.6) is 0 Å². The zero-order chi connectivity index (χ0) is 13.3. The standard InChI is InChI=1S/C14H18FNO2/c1-10-3-4-12(15)7-11(10)8-16-6-5-14(2,9-16)13(17)18/h3-4,7H,5-6,8-9H2,1-2H3,(H,17,18). The molecule has 1 aromatic carbocycles. The Morgan fingerprint density at radius 3 is 2.89 bits per heavy atom. The molecule has 98 valence electrons. The van der Waals surface area contributed by atoms with Gasteiger partial charge in [-0.25, -0.2) is 4.39 Å². The van der Waals surface area contributed by atoms with Gasteiger partial charge in [-0.15, -0.1) is 0 Å². The number of rotatable bonds is 3. The summed E-state index contributed by atoms with van der Waals surface area (Å²) in [5.41, 5.74) is 1.31. The van der Waals surface area contributed by atoms with Crippen molar-refractivity contribution in [2.45, 2.75) is 26.8 Å². The summed E-state index contributed by atoms with van der Waals surface area (Å²) in [6, 6.07) is 4.74. The second-order valence-corrected chi connectivity index (χ2v) is 5.40. The molecule has 1 aromatic rings. The second kappa shape index (κ2) is 4.69. The van der Waals surface area contributed by atoms with Crippen molar-refractivity contribution in [2.75, 3.05) is 13.1 Å². The molecule has 0 bridgehead atoms. The lowest BCUT2D eigenvalue weighted by Crippen LogP contribution is -2.31. The third-order valence-electron chi connectivity index (χ3n) is 3.77. The molecule has 0 amide bonds. The van der Waals surface area contributed by atoms with Gasteiger partial charge in [0.05, 0.1) is 5.41 Å². The van der Waals surface area contributed by atoms with Crippen LogP contribution in [-0.4, -0.2) is 29.1 Å². The van der Waals surface area contributed by atoms with Crippen LogP contribution in [0.4, 0.5) is 4.39 Å². The molecule has 1 heterocycles. The third kappa shape index (κ3) is 2.53. The molecule has 0 radical (unpaired) electrons. The van der Waals surface area contributed by atoms with Gasteiger partial charge in [0.25, 0.3) is 0 Å². The maximum Gasteiger partial charge on any atom is 0.310 e. The average Bonchev–Trinajstić information content (AvgIpc) is 2.67. The number of hydrogen-bond donors (Lipinski definition) is 1. The number of aryl methyl sites for hydroxylation is 1. The molecule has 0 aromatic heterocycles. The number of aliphatic carboxylic acids is 1. The Morgan fingerprint density at radius 1 is 1.56 bits per heavy atom. The van der Waals surface area contributed by atoms with Crippen molar-refractivity contribution in [3.05, 3.63) is 35.1 Å². The number of likely N-dealkylation sites (tertiary alicyclic amines) is 1. The maximum atomic E-state index is 13.2. The summed E-state index contributed by atoms with van der Waals surface area (Å²) in [4.78, 5) is 13.2. The van der Waals surface area contributed by atoms with Gasteiger partial charge < -0.3 is 5.11 Å². The molecule has 1 unspecified atom stereocenters. The molecule has 1 atom stereocenters. The molecule has 1 saturated heterocycles. The Balaban J connectivity index is 2.08. The number of benzene rings is 1. The minimum absolute atomic E-state index is 0.240. The molecule has 1 N–H and O–H groups in total. The van der Waals surface area contributed by atoms with Gasteiger partial charge in [0, 0.05) is 13.1 Å². The van der Waals surface area contributed by atoms with E-state index < -0.39 is 11.4 Å². The normalized spacial score (nSPS) is 24.4. The molecule has 1 fully saturated rings. The van der Waals surface area contributed by atoms with E-state index in [9.17, 15) is 9.18 Å². The van der Waals surface area contributed by atoms with Crippen LogP contribution in [0.3, 0.4) is 0 Å². The van der Waals surface area contributed by atoms with Crippen molar-refractivity contribution in [3.63, 3.8) is 0 Å². The van der Waals surface area contributed by atoms with E-state index >= 15 is 0 Å². The summed E-state index contributed by atoms with van der Waals surface area (Å²) >= 11 is 0. The van der Waals surface area contributed by atoms with Gasteiger partial charge in [0.15, 0.2) is 0 Å². The van der Waals surface area contributed by atoms with E-state index in [1.807, 2.05) is 6.92 Å². The van der Waals surface area contributed by atoms with Crippen LogP contribution in [-0.2, 0) is 11.3 Å². The highest BCUT2D eigenvalue weighted by atomic mass is 19.1. The first-order valence-electron chi connectivity index (χ1n) is 6.11. The van der Waals surface area contributed by atoms with Crippen LogP contribution in [0.25, 0.3) is 0 Å². The number of halogens is 1. The minimum Gasteiger partial charge on any atom is -0.481 e. The van der Waals surface area contributed by atoms with Crippen molar-refractivity contribution in [1.82, 2.24) is 4.90 Å². The summed E-state index contributed by atoms with van der Waals surface area (Å²) in [7, 11) is 0. The van der Waals surface area contributed by atoms with Crippen molar-refractivity contribution in [3.8, 4) is 0 Å². The van der Waals surface area contributed by atoms with Crippen LogP contribution in [0.2, 0.25) is 0 Å². The number of carboxylic acids is 1. The van der Waals surface area contributed by atoms with Crippen LogP contribution in [0, 0.1) is 18.2 Å². The lowest BCUT2D eigenvalue weighted by atomic mass is 9.90. The van der Waals surface area contributed by atoms with Crippen molar-refractivity contribution < 1.29 is 14.3 Å². The number of carboxylic acid groups (broad SMARTS) is 1. The Bertz CT molecular complexity index is 475. The second-order valence-electron chi connectivity index (χ2n) is 5.40. The molecule has 1 aliphatic rings. The summed E-state index contributed by atoms with van der Waals surface area (Å²) in [6.07, 6.45) is 0.650. The van der Waals surface area contributed by atoms with Crippen molar-refractivity contribution in [2.24, 2.45) is 5.41 Å². The van der Waals surface area contributed by atoms with E-state index in [-0.39, 0.29) is 5.82 Å². The Kier molecular flexibility index (Phi) is 3.39. The molecule has 0 saturated carbocycles. The molecule has 18 heavy (non-hydrogen) atoms. The third-order valence-corrected chi connectivity index (χ3v) is 3.77. The van der Waals surface area contributed by atoms with E-state index in [1.165, 1.54) is 12.1 Å². The number of hydrogen-bond acceptors (Lipinski definition) is 2. The van der Waals surface area contributed by atoms with E-state index in [1.54, 1.807) is 13.0 Å². The van der Waals surface area contributed by atoms with Gasteiger partial charge in [0.1, 0.15) is 5.82 Å². The van der Waals surface area contributed by atoms with Gasteiger partial charge in [-0.3, -0.25) is 9.69 Å². The lowest BCUT2D eigenvalue weighted by Gasteiger charge is -2.20. The van der Waals surface area contributed by atoms with Gasteiger partial charge >= 0.3 is 5.97 Å². The minimum atomic E-state index is -0.749. The summed E-state index contributed by atoms with van der Waals surface area (Å²) in [5.74, 6) is -0.989. The molecular formula is C14H18FNO2. The highest BCUT2D eigenvalue weighted by Gasteiger charge is 2.40. The molecule has 0 spiro atoms. The molecule has 3 nitrogen and oxygen atoms in total. The zero-order valence-electron chi connectivity index (χ0n) is 10.7. The molecular weight excluding hydrogens is 233 g/mol. The SMILES string of the molecule is Cc1ccc(F)cc1CN1CCC(C)(C(=O)O)C1. The van der Waals surface area contributed by atoms with E-state index in [4.69, 9.17) is 5.11 Å². The summed E-state index contributed by atoms with van der Waals surface area (Å²) in [5, 5.41) is 9.17. The van der Waals surface area contributed by atoms with Crippen molar-refractivity contribution >= 4 is 5.97 Å². The smallest absolute Gasteiger partial charge is 0.310 e. The highest BCUT2D eigenvalue weighted by Crippen LogP contribution is 2.31. The van der Waals surface area contributed by atoms with Gasteiger partial charge in [-0.05, 0) is 50.1 Å². The summed E-state index contributed by atoms with van der Waals surface area (Å²) < 4.78 is 13.2. The van der Waals surface area contributed by atoms with Gasteiger partial charge in [-0.2, -0.15) is 0 Å². The van der Waals surface area contributed by atoms with E-state index in [2.05, 4.69) is 4.90 Å². The average molecular weight is 251 g/mol. The monoisotopic (exact) mass is 251 g/mol. The van der Waals surface area contributed by atoms with Gasteiger partial charge in [0.2, 0.25) is 0 Å². The van der Waals surface area contributed by atoms with E-state index in [0.29, 0.717) is 19.5 Å². The highest BCUT2D eigenvalue weighted by molar-refractivity contribution is 5.74. The molecule has 1 aliphatic heterocycles. The predicted molar refractivity (Wildman–Crippen MR) is 66.8 cm³/mol. The van der Waals surface area contributed by atoms with Gasteiger partial charge in [-0.1, -0.05) is 6.07 Å². The van der Waals surface area contributed by atoms with Crippen LogP contribution in [0.1, 0.15) is 24.5 Å². The Labute approximate surface area is 106 Å². The Morgan fingerprint density at radius 2 is 2.28 bits per heavy atom. The van der Waals surface area contributed by atoms with Crippen LogP contribution < -0.4 is 0 Å². The summed E-state index contributed by atoms with van der Waals surface area (Å²) in [6.45, 7) is 5.61. The first kappa shape index (κ1) is 13.0. The van der Waals surface area contributed by atoms with Crippen LogP contribution in [0.15, 0.2) is 18.2 Å². The number of carbonyl (C=O) groups is 1. The Hall–Kier alpha value is -1.42. The maximum absolute atomic E-state index is 13.2. The molecule has 2 rings (SSSR count). The quantitative estimate of drug-likeness (QED) is 0.897. The predicted octanol–water partition coefficient (Wildman–Crippen LogP) is 2.43. The largest absolute Gasteiger partial charge is 0.481 e. The fraction of sp³-hybridized carbons (Fsp3) is 0.500. The number of nitrogens with zero attached hydrogens (tertiary/aromatic N) is 1. The lowest BCUT2D eigenvalue weighted by molar-refractivity contribution is -0.147. The molecule has 0 aliphatic carbocycles. The first-order valence-corrected chi connectivity index (χ1v) is 6.11. The fourth-order valence-corrected chi connectivity index (χ4v) is 2.42. The van der Waals surface area contributed by atoms with Crippen LogP contribution >= 0.6 is 0 Å². The zero-order valence-corrected chi connectivity index (χ0v) is 10.7. The molecule has 4 heteroatoms. The topological polar surface area (TPSA) is 40.5 Å².